The molecule has 3 rings (SSSR count). The second-order valence-corrected chi connectivity index (χ2v) is 6.02. The van der Waals surface area contributed by atoms with Gasteiger partial charge in [0.1, 0.15) is 0 Å². The van der Waals surface area contributed by atoms with E-state index in [0.29, 0.717) is 12.1 Å². The number of hydrogen-bond acceptors (Lipinski definition) is 4. The first-order chi connectivity index (χ1) is 11.7. The third-order valence-electron chi connectivity index (χ3n) is 4.33. The molecule has 1 aliphatic carbocycles. The summed E-state index contributed by atoms with van der Waals surface area (Å²) < 4.78 is 5.28. The van der Waals surface area contributed by atoms with E-state index in [0.717, 1.165) is 54.3 Å². The zero-order valence-electron chi connectivity index (χ0n) is 13.9. The molecule has 0 atom stereocenters. The fraction of sp³-hybridized carbons (Fsp3) is 0.421. The molecule has 1 heterocycles. The van der Waals surface area contributed by atoms with Crippen LogP contribution in [0.5, 0.6) is 0 Å². The fourth-order valence-corrected chi connectivity index (χ4v) is 3.23. The molecule has 0 aliphatic heterocycles. The maximum absolute atomic E-state index is 12.7. The number of rotatable bonds is 4. The summed E-state index contributed by atoms with van der Waals surface area (Å²) in [5.74, 6) is -0.715. The Labute approximate surface area is 141 Å². The summed E-state index contributed by atoms with van der Waals surface area (Å²) in [6.07, 6.45) is 4.99. The van der Waals surface area contributed by atoms with E-state index in [1.54, 1.807) is 0 Å². The number of pyridine rings is 1. The van der Waals surface area contributed by atoms with Gasteiger partial charge in [-0.15, -0.1) is 0 Å². The first-order valence-electron chi connectivity index (χ1n) is 8.55. The number of likely N-dealkylation sites (N-methyl/N-ethyl adjacent to an activating group) is 1. The summed E-state index contributed by atoms with van der Waals surface area (Å²) in [5, 5.41) is 3.44. The highest BCUT2D eigenvalue weighted by Crippen LogP contribution is 2.29. The molecule has 0 radical (unpaired) electrons. The van der Waals surface area contributed by atoms with Gasteiger partial charge in [-0.05, 0) is 44.2 Å². The molecule has 1 aromatic carbocycles. The zero-order valence-corrected chi connectivity index (χ0v) is 13.9. The molecule has 2 aromatic rings. The van der Waals surface area contributed by atoms with Gasteiger partial charge in [0.2, 0.25) is 0 Å². The van der Waals surface area contributed by atoms with Gasteiger partial charge in [0.15, 0.2) is 6.61 Å². The third kappa shape index (κ3) is 3.40. The van der Waals surface area contributed by atoms with E-state index in [4.69, 9.17) is 9.72 Å². The van der Waals surface area contributed by atoms with Gasteiger partial charge in [-0.25, -0.2) is 4.79 Å². The smallest absolute Gasteiger partial charge is 0.339 e. The Morgan fingerprint density at radius 3 is 2.79 bits per heavy atom. The Bertz CT molecular complexity index is 771. The van der Waals surface area contributed by atoms with E-state index in [9.17, 15) is 9.59 Å². The highest BCUT2D eigenvalue weighted by molar-refractivity contribution is 6.05. The number of nitrogens with one attached hydrogen (secondary N) is 1. The second-order valence-electron chi connectivity index (χ2n) is 6.02. The number of carbonyl (C=O) groups is 2. The van der Waals surface area contributed by atoms with Gasteiger partial charge in [-0.2, -0.15) is 0 Å². The molecule has 1 aliphatic rings. The van der Waals surface area contributed by atoms with E-state index in [-0.39, 0.29) is 12.5 Å². The predicted molar refractivity (Wildman–Crippen MR) is 92.0 cm³/mol. The van der Waals surface area contributed by atoms with Gasteiger partial charge in [0.25, 0.3) is 5.91 Å². The molecule has 1 aromatic heterocycles. The number of nitrogens with zero attached hydrogens (tertiary/aromatic N) is 1. The number of ether oxygens (including phenoxy) is 1. The molecule has 0 bridgehead atoms. The van der Waals surface area contributed by atoms with Crippen molar-refractivity contribution in [3.63, 3.8) is 0 Å². The molecule has 5 heteroatoms. The highest BCUT2D eigenvalue weighted by atomic mass is 16.5. The number of amides is 1. The second kappa shape index (κ2) is 7.43. The van der Waals surface area contributed by atoms with E-state index < -0.39 is 5.97 Å². The molecule has 24 heavy (non-hydrogen) atoms. The summed E-state index contributed by atoms with van der Waals surface area (Å²) in [7, 11) is 0. The Hall–Kier alpha value is -2.43. The van der Waals surface area contributed by atoms with Crippen LogP contribution in [-0.2, 0) is 22.4 Å². The average molecular weight is 326 g/mol. The summed E-state index contributed by atoms with van der Waals surface area (Å²) in [5.41, 5.74) is 3.38. The van der Waals surface area contributed by atoms with E-state index in [1.807, 2.05) is 31.2 Å². The van der Waals surface area contributed by atoms with Gasteiger partial charge < -0.3 is 10.1 Å². The van der Waals surface area contributed by atoms with Crippen molar-refractivity contribution in [3.8, 4) is 0 Å². The van der Waals surface area contributed by atoms with E-state index in [1.165, 1.54) is 0 Å². The minimum atomic E-state index is -0.432. The van der Waals surface area contributed by atoms with Gasteiger partial charge in [0.05, 0.1) is 11.1 Å². The van der Waals surface area contributed by atoms with Crippen LogP contribution in [0.1, 0.15) is 47.8 Å². The number of carbonyl (C=O) groups excluding carboxylic acids is 2. The van der Waals surface area contributed by atoms with Crippen LogP contribution >= 0.6 is 0 Å². The maximum atomic E-state index is 12.7. The van der Waals surface area contributed by atoms with E-state index >= 15 is 0 Å². The van der Waals surface area contributed by atoms with Crippen molar-refractivity contribution < 1.29 is 14.3 Å². The van der Waals surface area contributed by atoms with Crippen molar-refractivity contribution in [2.75, 3.05) is 13.2 Å². The van der Waals surface area contributed by atoms with Crippen LogP contribution < -0.4 is 5.32 Å². The summed E-state index contributed by atoms with van der Waals surface area (Å²) in [6.45, 7) is 2.10. The van der Waals surface area contributed by atoms with Crippen LogP contribution in [0.3, 0.4) is 0 Å². The first-order valence-corrected chi connectivity index (χ1v) is 8.55. The van der Waals surface area contributed by atoms with Crippen molar-refractivity contribution >= 4 is 22.8 Å². The largest absolute Gasteiger partial charge is 0.452 e. The average Bonchev–Trinajstić information content (AvgIpc) is 2.83. The molecule has 0 spiro atoms. The van der Waals surface area contributed by atoms with Crippen molar-refractivity contribution in [2.24, 2.45) is 0 Å². The van der Waals surface area contributed by atoms with Crippen LogP contribution in [0.15, 0.2) is 24.3 Å². The monoisotopic (exact) mass is 326 g/mol. The lowest BCUT2D eigenvalue weighted by atomic mass is 9.97. The standard InChI is InChI=1S/C19H22N2O3/c1-2-20-17(22)12-24-19(23)18-13-8-4-3-5-10-15(13)21-16-11-7-6-9-14(16)18/h6-7,9,11H,2-5,8,10,12H2,1H3,(H,20,22). The van der Waals surface area contributed by atoms with Gasteiger partial charge in [-0.1, -0.05) is 24.6 Å². The van der Waals surface area contributed by atoms with Gasteiger partial charge in [-0.3, -0.25) is 9.78 Å². The Morgan fingerprint density at radius 1 is 1.17 bits per heavy atom. The van der Waals surface area contributed by atoms with Crippen molar-refractivity contribution in [1.82, 2.24) is 10.3 Å². The Balaban J connectivity index is 1.99. The minimum Gasteiger partial charge on any atom is -0.452 e. The predicted octanol–water partition coefficient (Wildman–Crippen LogP) is 2.80. The normalized spacial score (nSPS) is 13.9. The molecule has 0 saturated carbocycles. The van der Waals surface area contributed by atoms with Crippen LogP contribution in [0.25, 0.3) is 10.9 Å². The minimum absolute atomic E-state index is 0.252. The summed E-state index contributed by atoms with van der Waals surface area (Å²) in [6, 6.07) is 7.63. The van der Waals surface area contributed by atoms with Gasteiger partial charge >= 0.3 is 5.97 Å². The summed E-state index contributed by atoms with van der Waals surface area (Å²) >= 11 is 0. The van der Waals surface area contributed by atoms with Crippen LogP contribution in [0.2, 0.25) is 0 Å². The molecule has 5 nitrogen and oxygen atoms in total. The summed E-state index contributed by atoms with van der Waals surface area (Å²) in [4.78, 5) is 29.1. The molecule has 0 saturated heterocycles. The lowest BCUT2D eigenvalue weighted by molar-refractivity contribution is -0.124. The molecule has 126 valence electrons. The zero-order chi connectivity index (χ0) is 16.9. The van der Waals surface area contributed by atoms with Crippen LogP contribution in [0, 0.1) is 0 Å². The first kappa shape index (κ1) is 16.4. The fourth-order valence-electron chi connectivity index (χ4n) is 3.23. The number of para-hydroxylation sites is 1. The molecular weight excluding hydrogens is 304 g/mol. The Morgan fingerprint density at radius 2 is 1.96 bits per heavy atom. The molecule has 1 N–H and O–H groups in total. The van der Waals surface area contributed by atoms with Crippen molar-refractivity contribution in [3.05, 3.63) is 41.1 Å². The lowest BCUT2D eigenvalue weighted by Crippen LogP contribution is -2.28. The van der Waals surface area contributed by atoms with Crippen molar-refractivity contribution in [1.29, 1.82) is 0 Å². The Kier molecular flexibility index (Phi) is 5.08. The SMILES string of the molecule is CCNC(=O)COC(=O)c1c2c(nc3ccccc13)CCCCC2. The quantitative estimate of drug-likeness (QED) is 0.693. The molecule has 0 fully saturated rings. The van der Waals surface area contributed by atoms with Crippen molar-refractivity contribution in [2.45, 2.75) is 39.0 Å². The number of fused-ring (bicyclic) bond motifs is 2. The maximum Gasteiger partial charge on any atom is 0.339 e. The number of hydrogen-bond donors (Lipinski definition) is 1. The molecule has 1 amide bonds. The van der Waals surface area contributed by atoms with Crippen LogP contribution in [0.4, 0.5) is 0 Å². The number of esters is 1. The topological polar surface area (TPSA) is 68.3 Å². The number of benzene rings is 1. The lowest BCUT2D eigenvalue weighted by Gasteiger charge is -2.14. The number of aromatic nitrogens is 1. The van der Waals surface area contributed by atoms with E-state index in [2.05, 4.69) is 5.32 Å². The van der Waals surface area contributed by atoms with Crippen LogP contribution in [-0.4, -0.2) is 30.0 Å². The number of aryl methyl sites for hydroxylation is 1. The highest BCUT2D eigenvalue weighted by Gasteiger charge is 2.23. The molecular formula is C19H22N2O3. The molecule has 0 unspecified atom stereocenters. The van der Waals surface area contributed by atoms with Gasteiger partial charge in [0, 0.05) is 17.6 Å². The third-order valence-corrected chi connectivity index (χ3v) is 4.33.